The van der Waals surface area contributed by atoms with Gasteiger partial charge in [0.15, 0.2) is 0 Å². The predicted octanol–water partition coefficient (Wildman–Crippen LogP) is 1.63. The fourth-order valence-corrected chi connectivity index (χ4v) is 0. The van der Waals surface area contributed by atoms with Crippen LogP contribution in [0.2, 0.25) is 0 Å². The number of rotatable bonds is 0. The molecule has 0 nitrogen and oxygen atoms in total. The second kappa shape index (κ2) is 1.59. The Hall–Kier alpha value is 0.290. The molecule has 0 aliphatic carbocycles. The van der Waals surface area contributed by atoms with Gasteiger partial charge < -0.3 is 0 Å². The quantitative estimate of drug-likeness (QED) is 0.389. The van der Waals surface area contributed by atoms with Crippen molar-refractivity contribution in [3.63, 3.8) is 0 Å². The topological polar surface area (TPSA) is 0 Å². The Morgan fingerprint density at radius 1 is 2.25 bits per heavy atom. The van der Waals surface area contributed by atoms with Crippen LogP contribution in [0.4, 0.5) is 0 Å². The van der Waals surface area contributed by atoms with E-state index in [4.69, 9.17) is 15.7 Å². The Bertz CT molecular complexity index is 55.7. The Kier molecular flexibility index (Phi) is 0.468. The minimum Gasteiger partial charge on any atom is -0.124 e. The molecule has 0 saturated carbocycles. The summed E-state index contributed by atoms with van der Waals surface area (Å²) in [5.41, 5.74) is 0. The van der Waals surface area contributed by atoms with E-state index in [1.807, 2.05) is 0 Å². The Labute approximate surface area is 36.0 Å². The van der Waals surface area contributed by atoms with Crippen molar-refractivity contribution < 1.29 is 4.11 Å². The van der Waals surface area contributed by atoms with Gasteiger partial charge in [0.05, 0.1) is 0 Å². The third-order valence-corrected chi connectivity index (χ3v) is 0. The van der Waals surface area contributed by atoms with Gasteiger partial charge in [-0.05, 0) is 13.8 Å². The highest BCUT2D eigenvalue weighted by molar-refractivity contribution is 6.20. The predicted molar refractivity (Wildman–Crippen MR) is 21.0 cm³/mol. The Morgan fingerprint density at radius 3 is 2.50 bits per heavy atom. The van der Waals surface area contributed by atoms with Crippen molar-refractivity contribution in [1.82, 2.24) is 0 Å². The number of halogens is 1. The smallest absolute Gasteiger partial charge is 0.0279 e. The van der Waals surface area contributed by atoms with E-state index in [1.54, 1.807) is 0 Å². The van der Waals surface area contributed by atoms with E-state index in [2.05, 4.69) is 0 Å². The molecule has 0 aromatic carbocycles. The molecule has 0 aromatic rings. The summed E-state index contributed by atoms with van der Waals surface area (Å²) in [4.78, 5) is 0. The van der Waals surface area contributed by atoms with E-state index in [9.17, 15) is 0 Å². The minimum atomic E-state index is -1.98. The SMILES string of the molecule is [2H]C([2H])([2H])C(C)Cl. The highest BCUT2D eigenvalue weighted by Crippen LogP contribution is 1.84. The summed E-state index contributed by atoms with van der Waals surface area (Å²) in [5, 5.41) is -0.729. The highest BCUT2D eigenvalue weighted by atomic mass is 35.5. The zero-order chi connectivity index (χ0) is 6.08. The molecule has 1 atom stereocenters. The van der Waals surface area contributed by atoms with Crippen LogP contribution in [0.15, 0.2) is 0 Å². The van der Waals surface area contributed by atoms with Crippen molar-refractivity contribution in [2.75, 3.05) is 0 Å². The van der Waals surface area contributed by atoms with Crippen LogP contribution in [0.25, 0.3) is 0 Å². The van der Waals surface area contributed by atoms with Gasteiger partial charge in [-0.3, -0.25) is 0 Å². The van der Waals surface area contributed by atoms with Crippen LogP contribution in [0.1, 0.15) is 17.9 Å². The average Bonchev–Trinajstić information content (AvgIpc) is 1.31. The fourth-order valence-electron chi connectivity index (χ4n) is 0. The standard InChI is InChI=1S/C3H7Cl/c1-3(2)4/h3H,1-2H3/i1D3. The second-order valence-corrected chi connectivity index (χ2v) is 1.27. The summed E-state index contributed by atoms with van der Waals surface area (Å²) in [6.07, 6.45) is 0. The van der Waals surface area contributed by atoms with Gasteiger partial charge in [0.25, 0.3) is 0 Å². The highest BCUT2D eigenvalue weighted by Gasteiger charge is 1.71. The van der Waals surface area contributed by atoms with E-state index < -0.39 is 12.2 Å². The van der Waals surface area contributed by atoms with E-state index >= 15 is 0 Å². The van der Waals surface area contributed by atoms with Crippen molar-refractivity contribution in [2.45, 2.75) is 19.2 Å². The van der Waals surface area contributed by atoms with Gasteiger partial charge in [-0.1, -0.05) is 0 Å². The van der Waals surface area contributed by atoms with Crippen molar-refractivity contribution in [3.05, 3.63) is 0 Å². The monoisotopic (exact) mass is 81.0 g/mol. The first-order valence-electron chi connectivity index (χ1n) is 2.58. The maximum Gasteiger partial charge on any atom is 0.0279 e. The van der Waals surface area contributed by atoms with Gasteiger partial charge in [0.1, 0.15) is 0 Å². The lowest BCUT2D eigenvalue weighted by Crippen LogP contribution is -1.70. The largest absolute Gasteiger partial charge is 0.124 e. The van der Waals surface area contributed by atoms with Crippen LogP contribution < -0.4 is 0 Å². The van der Waals surface area contributed by atoms with Crippen LogP contribution in [-0.4, -0.2) is 5.38 Å². The van der Waals surface area contributed by atoms with Gasteiger partial charge in [-0.2, -0.15) is 0 Å². The Morgan fingerprint density at radius 2 is 2.50 bits per heavy atom. The molecule has 0 spiro atoms. The molecule has 0 amide bonds. The lowest BCUT2D eigenvalue weighted by atomic mass is 10.6. The molecule has 0 bridgehead atoms. The number of alkyl halides is 1. The maximum atomic E-state index is 6.59. The van der Waals surface area contributed by atoms with Crippen molar-refractivity contribution in [3.8, 4) is 0 Å². The zero-order valence-electron chi connectivity index (χ0n) is 5.46. The van der Waals surface area contributed by atoms with Gasteiger partial charge in [0.2, 0.25) is 0 Å². The molecule has 0 aliphatic rings. The van der Waals surface area contributed by atoms with Gasteiger partial charge in [0, 0.05) is 9.49 Å². The van der Waals surface area contributed by atoms with Crippen molar-refractivity contribution >= 4 is 11.6 Å². The van der Waals surface area contributed by atoms with Crippen LogP contribution in [0.3, 0.4) is 0 Å². The van der Waals surface area contributed by atoms with E-state index in [1.165, 1.54) is 6.92 Å². The maximum absolute atomic E-state index is 6.59. The van der Waals surface area contributed by atoms with Gasteiger partial charge in [-0.15, -0.1) is 11.6 Å². The van der Waals surface area contributed by atoms with Gasteiger partial charge >= 0.3 is 0 Å². The van der Waals surface area contributed by atoms with Crippen LogP contribution in [0.5, 0.6) is 0 Å². The van der Waals surface area contributed by atoms with Crippen molar-refractivity contribution in [2.24, 2.45) is 0 Å². The molecule has 0 heterocycles. The first kappa shape index (κ1) is 1.17. The summed E-state index contributed by atoms with van der Waals surface area (Å²) >= 11 is 5.19. The van der Waals surface area contributed by atoms with Crippen molar-refractivity contribution in [1.29, 1.82) is 0 Å². The molecule has 0 N–H and O–H groups in total. The summed E-state index contributed by atoms with van der Waals surface area (Å²) in [6.45, 7) is -0.532. The molecule has 26 valence electrons. The third kappa shape index (κ3) is 45.3. The first-order chi connectivity index (χ1) is 2.94. The van der Waals surface area contributed by atoms with Crippen LogP contribution in [-0.2, 0) is 0 Å². The van der Waals surface area contributed by atoms with E-state index in [0.29, 0.717) is 0 Å². The molecular weight excluding hydrogens is 71.5 g/mol. The zero-order valence-corrected chi connectivity index (χ0v) is 3.21. The third-order valence-electron chi connectivity index (χ3n) is 0. The van der Waals surface area contributed by atoms with E-state index in [-0.39, 0.29) is 0 Å². The number of hydrogen-bond donors (Lipinski definition) is 0. The fraction of sp³-hybridized carbons (Fsp3) is 1.00. The molecule has 0 radical (unpaired) electrons. The molecule has 0 fully saturated rings. The molecular formula is C3H7Cl. The van der Waals surface area contributed by atoms with Crippen LogP contribution in [0, 0.1) is 0 Å². The average molecular weight is 81.6 g/mol. The summed E-state index contributed by atoms with van der Waals surface area (Å²) in [6, 6.07) is 0. The van der Waals surface area contributed by atoms with Crippen LogP contribution >= 0.6 is 11.6 Å². The molecule has 4 heavy (non-hydrogen) atoms. The first-order valence-corrected chi connectivity index (χ1v) is 1.52. The summed E-state index contributed by atoms with van der Waals surface area (Å²) < 4.78 is 19.8. The van der Waals surface area contributed by atoms with E-state index in [0.717, 1.165) is 0 Å². The lowest BCUT2D eigenvalue weighted by molar-refractivity contribution is 1.10. The minimum absolute atomic E-state index is 0.729. The molecule has 1 heteroatoms. The summed E-state index contributed by atoms with van der Waals surface area (Å²) in [7, 11) is 0. The molecule has 0 aromatic heterocycles. The second-order valence-electron chi connectivity index (χ2n) is 0.616. The normalized spacial score (nSPS) is 30.0. The molecule has 0 aliphatic heterocycles. The molecule has 0 rings (SSSR count). The van der Waals surface area contributed by atoms with Gasteiger partial charge in [-0.25, -0.2) is 0 Å². The molecule has 1 unspecified atom stereocenters. The molecule has 0 saturated heterocycles. The lowest BCUT2D eigenvalue weighted by Gasteiger charge is -1.76. The number of hydrogen-bond acceptors (Lipinski definition) is 0. The Balaban J connectivity index is 3.54. The summed E-state index contributed by atoms with van der Waals surface area (Å²) in [5.74, 6) is 0.